The van der Waals surface area contributed by atoms with Gasteiger partial charge in [-0.1, -0.05) is 20.3 Å². The second-order valence-electron chi connectivity index (χ2n) is 4.49. The van der Waals surface area contributed by atoms with E-state index in [0.717, 1.165) is 5.56 Å². The van der Waals surface area contributed by atoms with E-state index in [-0.39, 0.29) is 17.7 Å². The summed E-state index contributed by atoms with van der Waals surface area (Å²) in [6.07, 6.45) is 0.712. The number of aliphatic carboxylic acids is 1. The second-order valence-corrected chi connectivity index (χ2v) is 5.27. The van der Waals surface area contributed by atoms with E-state index < -0.39 is 12.0 Å². The first kappa shape index (κ1) is 14.7. The van der Waals surface area contributed by atoms with Gasteiger partial charge in [0.25, 0.3) is 0 Å². The highest BCUT2D eigenvalue weighted by atomic mass is 32.1. The lowest BCUT2D eigenvalue weighted by molar-refractivity contribution is -0.143. The minimum atomic E-state index is -0.977. The number of hydrogen-bond acceptors (Lipinski definition) is 3. The standard InChI is InChI=1S/C13H19NO3S/c1-4-8(2)11(13(16)17)14-12(15)9(3)10-5-6-18-7-10/h5-9,11H,4H2,1-3H3,(H,14,15)(H,16,17). The molecule has 4 nitrogen and oxygen atoms in total. The minimum absolute atomic E-state index is 0.0823. The van der Waals surface area contributed by atoms with Crippen molar-refractivity contribution in [1.29, 1.82) is 0 Å². The molecule has 18 heavy (non-hydrogen) atoms. The highest BCUT2D eigenvalue weighted by Gasteiger charge is 2.27. The number of amides is 1. The number of hydrogen-bond donors (Lipinski definition) is 2. The maximum atomic E-state index is 12.0. The molecule has 1 rings (SSSR count). The van der Waals surface area contributed by atoms with Gasteiger partial charge in [0.1, 0.15) is 6.04 Å². The van der Waals surface area contributed by atoms with Crippen molar-refractivity contribution < 1.29 is 14.7 Å². The molecule has 100 valence electrons. The number of carbonyl (C=O) groups excluding carboxylic acids is 1. The van der Waals surface area contributed by atoms with Gasteiger partial charge >= 0.3 is 5.97 Å². The average Bonchev–Trinajstić information content (AvgIpc) is 2.87. The summed E-state index contributed by atoms with van der Waals surface area (Å²) in [7, 11) is 0. The Bertz CT molecular complexity index is 402. The molecule has 1 heterocycles. The summed E-state index contributed by atoms with van der Waals surface area (Å²) < 4.78 is 0. The molecular formula is C13H19NO3S. The first-order valence-electron chi connectivity index (χ1n) is 6.02. The first-order chi connectivity index (χ1) is 8.47. The van der Waals surface area contributed by atoms with Gasteiger partial charge in [0, 0.05) is 0 Å². The van der Waals surface area contributed by atoms with Crippen molar-refractivity contribution in [2.24, 2.45) is 5.92 Å². The zero-order chi connectivity index (χ0) is 13.7. The van der Waals surface area contributed by atoms with E-state index in [9.17, 15) is 9.59 Å². The fraction of sp³-hybridized carbons (Fsp3) is 0.538. The topological polar surface area (TPSA) is 66.4 Å². The zero-order valence-electron chi connectivity index (χ0n) is 10.8. The molecule has 0 saturated heterocycles. The van der Waals surface area contributed by atoms with Crippen LogP contribution in [0, 0.1) is 5.92 Å². The SMILES string of the molecule is CCC(C)C(NC(=O)C(C)c1ccsc1)C(=O)O. The van der Waals surface area contributed by atoms with Gasteiger partial charge in [-0.05, 0) is 35.2 Å². The van der Waals surface area contributed by atoms with Gasteiger partial charge in [-0.15, -0.1) is 0 Å². The highest BCUT2D eigenvalue weighted by Crippen LogP contribution is 2.19. The van der Waals surface area contributed by atoms with Crippen molar-refractivity contribution in [2.45, 2.75) is 39.2 Å². The molecule has 0 aliphatic rings. The molecule has 3 atom stereocenters. The van der Waals surface area contributed by atoms with E-state index >= 15 is 0 Å². The minimum Gasteiger partial charge on any atom is -0.480 e. The molecule has 0 aliphatic heterocycles. The fourth-order valence-corrected chi connectivity index (χ4v) is 2.39. The second kappa shape index (κ2) is 6.54. The summed E-state index contributed by atoms with van der Waals surface area (Å²) in [5.74, 6) is -1.61. The van der Waals surface area contributed by atoms with Crippen LogP contribution in [0.1, 0.15) is 38.7 Å². The van der Waals surface area contributed by atoms with Crippen LogP contribution in [0.2, 0.25) is 0 Å². The maximum Gasteiger partial charge on any atom is 0.326 e. The molecule has 5 heteroatoms. The van der Waals surface area contributed by atoms with Crippen molar-refractivity contribution in [3.05, 3.63) is 22.4 Å². The molecule has 0 aliphatic carbocycles. The van der Waals surface area contributed by atoms with Gasteiger partial charge < -0.3 is 10.4 Å². The van der Waals surface area contributed by atoms with Crippen molar-refractivity contribution in [1.82, 2.24) is 5.32 Å². The third-order valence-electron chi connectivity index (χ3n) is 3.21. The smallest absolute Gasteiger partial charge is 0.326 e. The number of carboxylic acid groups (broad SMARTS) is 1. The van der Waals surface area contributed by atoms with Crippen LogP contribution in [-0.4, -0.2) is 23.0 Å². The summed E-state index contributed by atoms with van der Waals surface area (Å²) in [4.78, 5) is 23.1. The van der Waals surface area contributed by atoms with E-state index in [4.69, 9.17) is 5.11 Å². The summed E-state index contributed by atoms with van der Waals surface area (Å²) in [6, 6.07) is 1.07. The van der Waals surface area contributed by atoms with Gasteiger partial charge in [-0.2, -0.15) is 11.3 Å². The Hall–Kier alpha value is -1.36. The molecule has 0 aromatic carbocycles. The number of thiophene rings is 1. The Balaban J connectivity index is 2.70. The molecule has 2 N–H and O–H groups in total. The molecule has 0 fully saturated rings. The Morgan fingerprint density at radius 3 is 2.56 bits per heavy atom. The molecule has 1 aromatic heterocycles. The lowest BCUT2D eigenvalue weighted by atomic mass is 9.97. The molecule has 0 spiro atoms. The molecule has 3 unspecified atom stereocenters. The monoisotopic (exact) mass is 269 g/mol. The van der Waals surface area contributed by atoms with Crippen molar-refractivity contribution in [3.63, 3.8) is 0 Å². The molecule has 0 saturated carbocycles. The van der Waals surface area contributed by atoms with E-state index in [0.29, 0.717) is 6.42 Å². The lowest BCUT2D eigenvalue weighted by Crippen LogP contribution is -2.46. The maximum absolute atomic E-state index is 12.0. The third-order valence-corrected chi connectivity index (χ3v) is 3.91. The summed E-state index contributed by atoms with van der Waals surface area (Å²) in [6.45, 7) is 5.52. The molecule has 1 aromatic rings. The summed E-state index contributed by atoms with van der Waals surface area (Å²) >= 11 is 1.52. The Morgan fingerprint density at radius 2 is 2.11 bits per heavy atom. The predicted molar refractivity (Wildman–Crippen MR) is 71.8 cm³/mol. The van der Waals surface area contributed by atoms with Crippen LogP contribution in [0.15, 0.2) is 16.8 Å². The number of carboxylic acids is 1. The number of carbonyl (C=O) groups is 2. The van der Waals surface area contributed by atoms with Crippen LogP contribution in [-0.2, 0) is 9.59 Å². The van der Waals surface area contributed by atoms with Crippen molar-refractivity contribution in [2.75, 3.05) is 0 Å². The van der Waals surface area contributed by atoms with E-state index in [1.807, 2.05) is 30.7 Å². The quantitative estimate of drug-likeness (QED) is 0.833. The summed E-state index contributed by atoms with van der Waals surface area (Å²) in [5, 5.41) is 15.6. The van der Waals surface area contributed by atoms with Gasteiger partial charge in [-0.25, -0.2) is 4.79 Å². The van der Waals surface area contributed by atoms with E-state index in [1.54, 1.807) is 6.92 Å². The van der Waals surface area contributed by atoms with Gasteiger partial charge in [0.2, 0.25) is 5.91 Å². The largest absolute Gasteiger partial charge is 0.480 e. The predicted octanol–water partition coefficient (Wildman–Crippen LogP) is 2.47. The number of rotatable bonds is 6. The first-order valence-corrected chi connectivity index (χ1v) is 6.96. The van der Waals surface area contributed by atoms with Crippen LogP contribution in [0.5, 0.6) is 0 Å². The fourth-order valence-electron chi connectivity index (χ4n) is 1.63. The van der Waals surface area contributed by atoms with Gasteiger partial charge in [0.15, 0.2) is 0 Å². The van der Waals surface area contributed by atoms with Crippen LogP contribution < -0.4 is 5.32 Å². The van der Waals surface area contributed by atoms with Crippen molar-refractivity contribution in [3.8, 4) is 0 Å². The molecule has 0 radical (unpaired) electrons. The normalized spacial score (nSPS) is 15.7. The molecular weight excluding hydrogens is 250 g/mol. The summed E-state index contributed by atoms with van der Waals surface area (Å²) in [5.41, 5.74) is 0.922. The van der Waals surface area contributed by atoms with Crippen LogP contribution in [0.3, 0.4) is 0 Å². The highest BCUT2D eigenvalue weighted by molar-refractivity contribution is 7.08. The Labute approximate surface area is 111 Å². The zero-order valence-corrected chi connectivity index (χ0v) is 11.7. The van der Waals surface area contributed by atoms with Crippen LogP contribution >= 0.6 is 11.3 Å². The van der Waals surface area contributed by atoms with Crippen LogP contribution in [0.25, 0.3) is 0 Å². The molecule has 0 bridgehead atoms. The lowest BCUT2D eigenvalue weighted by Gasteiger charge is -2.22. The number of nitrogens with one attached hydrogen (secondary N) is 1. The van der Waals surface area contributed by atoms with Gasteiger partial charge in [0.05, 0.1) is 5.92 Å². The average molecular weight is 269 g/mol. The van der Waals surface area contributed by atoms with Crippen molar-refractivity contribution >= 4 is 23.2 Å². The van der Waals surface area contributed by atoms with Gasteiger partial charge in [-0.3, -0.25) is 4.79 Å². The Kier molecular flexibility index (Phi) is 5.34. The van der Waals surface area contributed by atoms with E-state index in [1.165, 1.54) is 11.3 Å². The van der Waals surface area contributed by atoms with E-state index in [2.05, 4.69) is 5.32 Å². The third kappa shape index (κ3) is 3.57. The Morgan fingerprint density at radius 1 is 1.44 bits per heavy atom. The van der Waals surface area contributed by atoms with Crippen LogP contribution in [0.4, 0.5) is 0 Å². The molecule has 1 amide bonds.